The standard InChI is InChI=1S/C15H17FN4O4/c16-9-3-1-2-4-10(9)19-15(24)17-8-5-12-13(22)18-11(7-21)14(23)20(12)6-8/h1-4,8,11-12,21H,5-7H2,(H,18,22)(H2,17,19,24)/t8-,11-,12-/m0/s1. The molecule has 128 valence electrons. The maximum absolute atomic E-state index is 13.5. The number of aliphatic hydroxyl groups excluding tert-OH is 1. The van der Waals surface area contributed by atoms with E-state index in [4.69, 9.17) is 5.11 Å². The highest BCUT2D eigenvalue weighted by Gasteiger charge is 2.46. The second-order valence-corrected chi connectivity index (χ2v) is 5.76. The minimum Gasteiger partial charge on any atom is -0.394 e. The molecule has 8 nitrogen and oxygen atoms in total. The van der Waals surface area contributed by atoms with Crippen LogP contribution in [0.2, 0.25) is 0 Å². The Morgan fingerprint density at radius 1 is 1.38 bits per heavy atom. The van der Waals surface area contributed by atoms with Crippen molar-refractivity contribution in [1.82, 2.24) is 15.5 Å². The maximum atomic E-state index is 13.5. The summed E-state index contributed by atoms with van der Waals surface area (Å²) >= 11 is 0. The van der Waals surface area contributed by atoms with E-state index in [1.165, 1.54) is 23.1 Å². The average Bonchev–Trinajstić information content (AvgIpc) is 2.97. The Kier molecular flexibility index (Phi) is 4.34. The van der Waals surface area contributed by atoms with Gasteiger partial charge in [-0.05, 0) is 18.6 Å². The number of halogens is 1. The molecular formula is C15H17FN4O4. The minimum absolute atomic E-state index is 0.0416. The molecule has 3 atom stereocenters. The van der Waals surface area contributed by atoms with Gasteiger partial charge in [-0.2, -0.15) is 0 Å². The fourth-order valence-electron chi connectivity index (χ4n) is 2.99. The van der Waals surface area contributed by atoms with Gasteiger partial charge in [0.1, 0.15) is 17.9 Å². The summed E-state index contributed by atoms with van der Waals surface area (Å²) in [6.45, 7) is -0.308. The zero-order valence-electron chi connectivity index (χ0n) is 12.7. The number of anilines is 1. The van der Waals surface area contributed by atoms with E-state index in [9.17, 15) is 18.8 Å². The van der Waals surface area contributed by atoms with Gasteiger partial charge in [0.2, 0.25) is 11.8 Å². The Morgan fingerprint density at radius 3 is 2.83 bits per heavy atom. The van der Waals surface area contributed by atoms with Crippen molar-refractivity contribution in [3.63, 3.8) is 0 Å². The summed E-state index contributed by atoms with van der Waals surface area (Å²) in [5.74, 6) is -1.29. The van der Waals surface area contributed by atoms with Gasteiger partial charge < -0.3 is 26.0 Å². The van der Waals surface area contributed by atoms with Crippen LogP contribution in [0.5, 0.6) is 0 Å². The van der Waals surface area contributed by atoms with Gasteiger partial charge in [-0.25, -0.2) is 9.18 Å². The van der Waals surface area contributed by atoms with E-state index >= 15 is 0 Å². The predicted octanol–water partition coefficient (Wildman–Crippen LogP) is -0.593. The molecule has 0 radical (unpaired) electrons. The lowest BCUT2D eigenvalue weighted by atomic mass is 10.1. The van der Waals surface area contributed by atoms with Crippen LogP contribution < -0.4 is 16.0 Å². The van der Waals surface area contributed by atoms with E-state index in [1.54, 1.807) is 6.07 Å². The second-order valence-electron chi connectivity index (χ2n) is 5.76. The fraction of sp³-hybridized carbons (Fsp3) is 0.400. The maximum Gasteiger partial charge on any atom is 0.319 e. The monoisotopic (exact) mass is 336 g/mol. The van der Waals surface area contributed by atoms with Crippen LogP contribution in [-0.2, 0) is 9.59 Å². The summed E-state index contributed by atoms with van der Waals surface area (Å²) in [7, 11) is 0. The number of nitrogens with one attached hydrogen (secondary N) is 3. The number of aliphatic hydroxyl groups is 1. The quantitative estimate of drug-likeness (QED) is 0.591. The molecule has 1 aromatic rings. The highest BCUT2D eigenvalue weighted by molar-refractivity contribution is 5.98. The number of rotatable bonds is 3. The van der Waals surface area contributed by atoms with Crippen LogP contribution >= 0.6 is 0 Å². The molecule has 2 heterocycles. The third kappa shape index (κ3) is 3.02. The van der Waals surface area contributed by atoms with E-state index in [1.807, 2.05) is 0 Å². The van der Waals surface area contributed by atoms with Crippen LogP contribution in [0.1, 0.15) is 6.42 Å². The molecular weight excluding hydrogens is 319 g/mol. The van der Waals surface area contributed by atoms with E-state index in [0.29, 0.717) is 0 Å². The third-order valence-electron chi connectivity index (χ3n) is 4.14. The van der Waals surface area contributed by atoms with Gasteiger partial charge >= 0.3 is 6.03 Å². The molecule has 0 aromatic heterocycles. The molecule has 0 aliphatic carbocycles. The topological polar surface area (TPSA) is 111 Å². The number of hydrogen-bond acceptors (Lipinski definition) is 4. The van der Waals surface area contributed by atoms with Crippen molar-refractivity contribution in [1.29, 1.82) is 0 Å². The number of fused-ring (bicyclic) bond motifs is 1. The number of amides is 4. The third-order valence-corrected chi connectivity index (χ3v) is 4.14. The average molecular weight is 336 g/mol. The first-order valence-corrected chi connectivity index (χ1v) is 7.53. The lowest BCUT2D eigenvalue weighted by Crippen LogP contribution is -2.62. The Morgan fingerprint density at radius 2 is 2.12 bits per heavy atom. The Hall–Kier alpha value is -2.68. The molecule has 2 aliphatic rings. The van der Waals surface area contributed by atoms with Gasteiger partial charge in [0, 0.05) is 6.54 Å². The lowest BCUT2D eigenvalue weighted by molar-refractivity contribution is -0.148. The van der Waals surface area contributed by atoms with Crippen LogP contribution in [0, 0.1) is 5.82 Å². The molecule has 24 heavy (non-hydrogen) atoms. The molecule has 2 saturated heterocycles. The molecule has 3 rings (SSSR count). The number of para-hydroxylation sites is 1. The Labute approximate surface area is 137 Å². The van der Waals surface area contributed by atoms with Crippen LogP contribution in [-0.4, -0.2) is 59.1 Å². The van der Waals surface area contributed by atoms with Crippen molar-refractivity contribution < 1.29 is 23.9 Å². The summed E-state index contributed by atoms with van der Waals surface area (Å²) in [4.78, 5) is 37.4. The number of hydrogen-bond donors (Lipinski definition) is 4. The first-order chi connectivity index (χ1) is 11.5. The summed E-state index contributed by atoms with van der Waals surface area (Å²) in [6, 6.07) is 3.09. The smallest absolute Gasteiger partial charge is 0.319 e. The normalized spacial score (nSPS) is 25.9. The molecule has 0 bridgehead atoms. The summed E-state index contributed by atoms with van der Waals surface area (Å²) in [5, 5.41) is 16.6. The van der Waals surface area contributed by atoms with Gasteiger partial charge in [-0.1, -0.05) is 12.1 Å². The molecule has 2 aliphatic heterocycles. The zero-order chi connectivity index (χ0) is 17.3. The number of urea groups is 1. The van der Waals surface area contributed by atoms with E-state index < -0.39 is 36.6 Å². The molecule has 1 aromatic carbocycles. The van der Waals surface area contributed by atoms with Crippen LogP contribution in [0.4, 0.5) is 14.9 Å². The highest BCUT2D eigenvalue weighted by atomic mass is 19.1. The van der Waals surface area contributed by atoms with Gasteiger partial charge in [0.25, 0.3) is 0 Å². The predicted molar refractivity (Wildman–Crippen MR) is 81.5 cm³/mol. The van der Waals surface area contributed by atoms with E-state index in [0.717, 1.165) is 0 Å². The molecule has 9 heteroatoms. The van der Waals surface area contributed by atoms with Crippen molar-refractivity contribution in [2.45, 2.75) is 24.5 Å². The number of benzene rings is 1. The molecule has 2 fully saturated rings. The van der Waals surface area contributed by atoms with Crippen LogP contribution in [0.3, 0.4) is 0 Å². The number of carbonyl (C=O) groups excluding carboxylic acids is 3. The highest BCUT2D eigenvalue weighted by Crippen LogP contribution is 2.23. The van der Waals surface area contributed by atoms with Crippen LogP contribution in [0.25, 0.3) is 0 Å². The van der Waals surface area contributed by atoms with Gasteiger partial charge in [-0.3, -0.25) is 9.59 Å². The van der Waals surface area contributed by atoms with Gasteiger partial charge in [0.15, 0.2) is 0 Å². The zero-order valence-corrected chi connectivity index (χ0v) is 12.7. The lowest BCUT2D eigenvalue weighted by Gasteiger charge is -2.33. The first kappa shape index (κ1) is 16.2. The minimum atomic E-state index is -0.945. The molecule has 0 saturated carbocycles. The first-order valence-electron chi connectivity index (χ1n) is 7.53. The Balaban J connectivity index is 1.62. The van der Waals surface area contributed by atoms with Crippen molar-refractivity contribution in [2.75, 3.05) is 18.5 Å². The summed E-state index contributed by atoms with van der Waals surface area (Å²) < 4.78 is 13.5. The number of nitrogens with zero attached hydrogens (tertiary/aromatic N) is 1. The molecule has 4 amide bonds. The van der Waals surface area contributed by atoms with Crippen molar-refractivity contribution in [3.05, 3.63) is 30.1 Å². The fourth-order valence-corrected chi connectivity index (χ4v) is 2.99. The van der Waals surface area contributed by atoms with Crippen LogP contribution in [0.15, 0.2) is 24.3 Å². The molecule has 0 spiro atoms. The largest absolute Gasteiger partial charge is 0.394 e. The van der Waals surface area contributed by atoms with E-state index in [-0.39, 0.29) is 30.5 Å². The molecule has 4 N–H and O–H groups in total. The number of carbonyl (C=O) groups is 3. The summed E-state index contributed by atoms with van der Waals surface area (Å²) in [6.07, 6.45) is 0.264. The van der Waals surface area contributed by atoms with Crippen molar-refractivity contribution in [2.24, 2.45) is 0 Å². The Bertz CT molecular complexity index is 683. The SMILES string of the molecule is O=C(Nc1ccccc1F)N[C@H]1C[C@H]2C(=O)N[C@@H](CO)C(=O)N2C1. The van der Waals surface area contributed by atoms with Crippen molar-refractivity contribution >= 4 is 23.5 Å². The van der Waals surface area contributed by atoms with Crippen molar-refractivity contribution in [3.8, 4) is 0 Å². The summed E-state index contributed by atoms with van der Waals surface area (Å²) in [5.41, 5.74) is 0.0416. The number of piperazine rings is 1. The second kappa shape index (κ2) is 6.44. The molecule has 0 unspecified atom stereocenters. The van der Waals surface area contributed by atoms with Gasteiger partial charge in [-0.15, -0.1) is 0 Å². The van der Waals surface area contributed by atoms with E-state index in [2.05, 4.69) is 16.0 Å². The van der Waals surface area contributed by atoms with Gasteiger partial charge in [0.05, 0.1) is 18.3 Å².